The number of anilines is 1. The van der Waals surface area contributed by atoms with E-state index in [1.165, 1.54) is 38.5 Å². The molecule has 0 radical (unpaired) electrons. The Morgan fingerprint density at radius 1 is 1.07 bits per heavy atom. The van der Waals surface area contributed by atoms with Crippen LogP contribution in [-0.2, 0) is 0 Å². The Balaban J connectivity index is 2.03. The lowest BCUT2D eigenvalue weighted by Gasteiger charge is -2.20. The van der Waals surface area contributed by atoms with Gasteiger partial charge in [-0.05, 0) is 31.0 Å². The summed E-state index contributed by atoms with van der Waals surface area (Å²) in [4.78, 5) is 38.2. The van der Waals surface area contributed by atoms with E-state index in [-0.39, 0.29) is 27.7 Å². The van der Waals surface area contributed by atoms with Crippen molar-refractivity contribution in [1.82, 2.24) is 4.90 Å². The molecule has 1 aliphatic heterocycles. The van der Waals surface area contributed by atoms with Gasteiger partial charge < -0.3 is 19.7 Å². The van der Waals surface area contributed by atoms with Gasteiger partial charge in [-0.2, -0.15) is 0 Å². The van der Waals surface area contributed by atoms with Crippen molar-refractivity contribution < 1.29 is 24.0 Å². The van der Waals surface area contributed by atoms with Gasteiger partial charge in [-0.1, -0.05) is 11.6 Å². The molecule has 1 heterocycles. The molecule has 10 heteroatoms. The zero-order valence-corrected chi connectivity index (χ0v) is 17.2. The van der Waals surface area contributed by atoms with E-state index in [1.807, 2.05) is 0 Å². The number of carbonyl (C=O) groups excluding carboxylic acids is 2. The van der Waals surface area contributed by atoms with E-state index in [4.69, 9.17) is 21.1 Å². The predicted molar refractivity (Wildman–Crippen MR) is 111 cm³/mol. The summed E-state index contributed by atoms with van der Waals surface area (Å²) >= 11 is 5.82. The molecule has 1 aliphatic rings. The third-order valence-electron chi connectivity index (χ3n) is 4.80. The molecule has 30 heavy (non-hydrogen) atoms. The molecule has 1 N–H and O–H groups in total. The first-order chi connectivity index (χ1) is 14.3. The van der Waals surface area contributed by atoms with Crippen molar-refractivity contribution >= 4 is 34.8 Å². The number of ether oxygens (including phenoxy) is 2. The van der Waals surface area contributed by atoms with Gasteiger partial charge in [0.15, 0.2) is 11.5 Å². The first-order valence-electron chi connectivity index (χ1n) is 9.16. The summed E-state index contributed by atoms with van der Waals surface area (Å²) in [6.07, 6.45) is 1.80. The predicted octanol–water partition coefficient (Wildman–Crippen LogP) is 3.75. The molecule has 1 fully saturated rings. The van der Waals surface area contributed by atoms with E-state index < -0.39 is 16.5 Å². The maximum Gasteiger partial charge on any atom is 0.283 e. The van der Waals surface area contributed by atoms with E-state index >= 15 is 0 Å². The van der Waals surface area contributed by atoms with Crippen molar-refractivity contribution in [2.75, 3.05) is 32.6 Å². The fourth-order valence-corrected chi connectivity index (χ4v) is 3.45. The van der Waals surface area contributed by atoms with Crippen molar-refractivity contribution in [2.45, 2.75) is 12.8 Å². The molecule has 0 unspecified atom stereocenters. The summed E-state index contributed by atoms with van der Waals surface area (Å²) in [6, 6.07) is 6.70. The number of amides is 2. The molecule has 158 valence electrons. The van der Waals surface area contributed by atoms with Gasteiger partial charge >= 0.3 is 0 Å². The molecule has 0 atom stereocenters. The van der Waals surface area contributed by atoms with Crippen LogP contribution in [0.1, 0.15) is 33.6 Å². The summed E-state index contributed by atoms with van der Waals surface area (Å²) in [5.74, 6) is -0.387. The minimum atomic E-state index is -0.749. The van der Waals surface area contributed by atoms with Gasteiger partial charge in [0, 0.05) is 30.2 Å². The fraction of sp³-hybridized carbons (Fsp3) is 0.300. The topological polar surface area (TPSA) is 111 Å². The van der Waals surface area contributed by atoms with Gasteiger partial charge in [0.2, 0.25) is 0 Å². The second-order valence-electron chi connectivity index (χ2n) is 6.62. The van der Waals surface area contributed by atoms with Crippen LogP contribution in [0.5, 0.6) is 11.5 Å². The van der Waals surface area contributed by atoms with E-state index in [0.29, 0.717) is 24.6 Å². The number of carbonyl (C=O) groups is 2. The second kappa shape index (κ2) is 9.00. The quantitative estimate of drug-likeness (QED) is 0.548. The van der Waals surface area contributed by atoms with Gasteiger partial charge in [0.1, 0.15) is 5.56 Å². The highest BCUT2D eigenvalue weighted by molar-refractivity contribution is 6.31. The van der Waals surface area contributed by atoms with Crippen molar-refractivity contribution in [1.29, 1.82) is 0 Å². The largest absolute Gasteiger partial charge is 0.493 e. The zero-order valence-electron chi connectivity index (χ0n) is 16.4. The van der Waals surface area contributed by atoms with Crippen LogP contribution in [0.15, 0.2) is 30.3 Å². The van der Waals surface area contributed by atoms with Crippen molar-refractivity contribution in [2.24, 2.45) is 0 Å². The van der Waals surface area contributed by atoms with Crippen LogP contribution in [0.2, 0.25) is 5.02 Å². The lowest BCUT2D eigenvalue weighted by Crippen LogP contribution is -2.29. The van der Waals surface area contributed by atoms with E-state index in [1.54, 1.807) is 4.90 Å². The maximum atomic E-state index is 13.0. The van der Waals surface area contributed by atoms with Gasteiger partial charge in [-0.15, -0.1) is 0 Å². The molecule has 2 aromatic rings. The van der Waals surface area contributed by atoms with Crippen molar-refractivity contribution in [3.63, 3.8) is 0 Å². The first kappa shape index (κ1) is 21.4. The normalized spacial score (nSPS) is 13.1. The molecule has 0 saturated carbocycles. The number of benzene rings is 2. The van der Waals surface area contributed by atoms with Gasteiger partial charge in [0.25, 0.3) is 17.5 Å². The molecule has 0 aliphatic carbocycles. The van der Waals surface area contributed by atoms with Crippen LogP contribution in [0.4, 0.5) is 11.4 Å². The summed E-state index contributed by atoms with van der Waals surface area (Å²) in [5.41, 5.74) is -0.245. The molecule has 0 spiro atoms. The minimum absolute atomic E-state index is 0.134. The number of rotatable bonds is 6. The number of nitro groups is 1. The highest BCUT2D eigenvalue weighted by Gasteiger charge is 2.27. The van der Waals surface area contributed by atoms with Crippen LogP contribution >= 0.6 is 11.6 Å². The second-order valence-corrected chi connectivity index (χ2v) is 7.06. The fourth-order valence-electron chi connectivity index (χ4n) is 3.29. The van der Waals surface area contributed by atoms with Crippen molar-refractivity contribution in [3.8, 4) is 11.5 Å². The van der Waals surface area contributed by atoms with Crippen LogP contribution in [-0.4, -0.2) is 48.9 Å². The monoisotopic (exact) mass is 433 g/mol. The van der Waals surface area contributed by atoms with Crippen LogP contribution < -0.4 is 14.8 Å². The number of nitrogens with zero attached hydrogens (tertiary/aromatic N) is 2. The molecule has 3 rings (SSSR count). The van der Waals surface area contributed by atoms with E-state index in [0.717, 1.165) is 18.9 Å². The molecular weight excluding hydrogens is 414 g/mol. The summed E-state index contributed by atoms with van der Waals surface area (Å²) in [5, 5.41) is 14.1. The Morgan fingerprint density at radius 2 is 1.70 bits per heavy atom. The summed E-state index contributed by atoms with van der Waals surface area (Å²) in [7, 11) is 2.87. The number of nitrogens with one attached hydrogen (secondary N) is 1. The molecule has 2 aromatic carbocycles. The highest BCUT2D eigenvalue weighted by Crippen LogP contribution is 2.35. The minimum Gasteiger partial charge on any atom is -0.493 e. The van der Waals surface area contributed by atoms with Crippen LogP contribution in [0, 0.1) is 10.1 Å². The lowest BCUT2D eigenvalue weighted by molar-refractivity contribution is -0.385. The Morgan fingerprint density at radius 3 is 2.30 bits per heavy atom. The molecule has 0 bridgehead atoms. The standard InChI is InChI=1S/C20H20ClN3O6/c1-29-17-10-14(20(26)23-7-3-4-8-23)15(11-18(17)30-2)22-19(25)13-6-5-12(21)9-16(13)24(27)28/h5-6,9-11H,3-4,7-8H2,1-2H3,(H,22,25). The molecular formula is C20H20ClN3O6. The average Bonchev–Trinajstić information content (AvgIpc) is 3.27. The third-order valence-corrected chi connectivity index (χ3v) is 5.03. The molecule has 2 amide bonds. The van der Waals surface area contributed by atoms with E-state index in [2.05, 4.69) is 5.32 Å². The van der Waals surface area contributed by atoms with Gasteiger partial charge in [-0.25, -0.2) is 0 Å². The molecule has 0 aromatic heterocycles. The molecule has 9 nitrogen and oxygen atoms in total. The Kier molecular flexibility index (Phi) is 6.41. The maximum absolute atomic E-state index is 13.0. The number of hydrogen-bond donors (Lipinski definition) is 1. The highest BCUT2D eigenvalue weighted by atomic mass is 35.5. The zero-order chi connectivity index (χ0) is 21.8. The average molecular weight is 434 g/mol. The van der Waals surface area contributed by atoms with Crippen LogP contribution in [0.3, 0.4) is 0 Å². The van der Waals surface area contributed by atoms with E-state index in [9.17, 15) is 19.7 Å². The number of hydrogen-bond acceptors (Lipinski definition) is 6. The first-order valence-corrected chi connectivity index (χ1v) is 9.54. The SMILES string of the molecule is COc1cc(NC(=O)c2ccc(Cl)cc2[N+](=O)[O-])c(C(=O)N2CCCC2)cc1OC. The Labute approximate surface area is 177 Å². The lowest BCUT2D eigenvalue weighted by atomic mass is 10.1. The Bertz CT molecular complexity index is 1000. The number of likely N-dealkylation sites (tertiary alicyclic amines) is 1. The van der Waals surface area contributed by atoms with Gasteiger partial charge in [0.05, 0.1) is 30.4 Å². The summed E-state index contributed by atoms with van der Waals surface area (Å²) in [6.45, 7) is 1.23. The number of nitro benzene ring substituents is 1. The third kappa shape index (κ3) is 4.30. The Hall–Kier alpha value is -3.33. The smallest absolute Gasteiger partial charge is 0.283 e. The van der Waals surface area contributed by atoms with Crippen LogP contribution in [0.25, 0.3) is 0 Å². The van der Waals surface area contributed by atoms with Gasteiger partial charge in [-0.3, -0.25) is 19.7 Å². The van der Waals surface area contributed by atoms with Crippen molar-refractivity contribution in [3.05, 3.63) is 56.6 Å². The summed E-state index contributed by atoms with van der Waals surface area (Å²) < 4.78 is 10.6. The number of methoxy groups -OCH3 is 2. The number of halogens is 1. The molecule has 1 saturated heterocycles.